The second kappa shape index (κ2) is 10.2. The molecule has 4 aromatic carbocycles. The molecule has 0 aliphatic carbocycles. The maximum atomic E-state index is 13.1. The molecular formula is C28H19Cl2NO3S. The molecule has 0 unspecified atom stereocenters. The van der Waals surface area contributed by atoms with Gasteiger partial charge in [0, 0.05) is 0 Å². The van der Waals surface area contributed by atoms with Crippen LogP contribution in [0, 0.1) is 0 Å². The lowest BCUT2D eigenvalue weighted by Crippen LogP contribution is -2.27. The number of carbonyl (C=O) groups excluding carboxylic acids is 2. The molecular weight excluding hydrogens is 501 g/mol. The molecule has 1 fully saturated rings. The first-order valence-corrected chi connectivity index (χ1v) is 12.4. The predicted molar refractivity (Wildman–Crippen MR) is 143 cm³/mol. The van der Waals surface area contributed by atoms with Crippen LogP contribution in [0.1, 0.15) is 16.7 Å². The summed E-state index contributed by atoms with van der Waals surface area (Å²) < 4.78 is 5.82. The van der Waals surface area contributed by atoms with Crippen LogP contribution in [0.5, 0.6) is 5.75 Å². The highest BCUT2D eigenvalue weighted by molar-refractivity contribution is 8.18. The minimum absolute atomic E-state index is 0.205. The van der Waals surface area contributed by atoms with Gasteiger partial charge in [0.15, 0.2) is 5.75 Å². The van der Waals surface area contributed by atoms with Gasteiger partial charge in [0.05, 0.1) is 21.5 Å². The van der Waals surface area contributed by atoms with Crippen LogP contribution in [0.4, 0.5) is 4.79 Å². The van der Waals surface area contributed by atoms with Crippen LogP contribution in [0.25, 0.3) is 16.8 Å². The van der Waals surface area contributed by atoms with Crippen molar-refractivity contribution in [2.45, 2.75) is 13.2 Å². The Bertz CT molecular complexity index is 1440. The lowest BCUT2D eigenvalue weighted by atomic mass is 10.0. The Morgan fingerprint density at radius 3 is 2.31 bits per heavy atom. The minimum Gasteiger partial charge on any atom is -0.486 e. The van der Waals surface area contributed by atoms with E-state index in [0.29, 0.717) is 32.9 Å². The van der Waals surface area contributed by atoms with E-state index in [2.05, 4.69) is 0 Å². The lowest BCUT2D eigenvalue weighted by Gasteiger charge is -2.14. The third-order valence-corrected chi connectivity index (χ3v) is 7.10. The number of ether oxygens (including phenoxy) is 1. The predicted octanol–water partition coefficient (Wildman–Crippen LogP) is 7.96. The van der Waals surface area contributed by atoms with Crippen molar-refractivity contribution in [2.75, 3.05) is 0 Å². The molecule has 35 heavy (non-hydrogen) atoms. The number of fused-ring (bicyclic) bond motifs is 1. The van der Waals surface area contributed by atoms with Crippen LogP contribution in [-0.2, 0) is 17.9 Å². The Labute approximate surface area is 217 Å². The van der Waals surface area contributed by atoms with E-state index < -0.39 is 0 Å². The number of thioether (sulfide) groups is 1. The number of benzene rings is 4. The molecule has 174 valence electrons. The van der Waals surface area contributed by atoms with Crippen molar-refractivity contribution in [3.05, 3.63) is 117 Å². The Hall–Kier alpha value is -3.25. The molecule has 0 N–H and O–H groups in total. The van der Waals surface area contributed by atoms with Crippen molar-refractivity contribution >= 4 is 63.0 Å². The Morgan fingerprint density at radius 1 is 0.857 bits per heavy atom. The van der Waals surface area contributed by atoms with Gasteiger partial charge in [0.1, 0.15) is 6.61 Å². The molecule has 2 amide bonds. The molecule has 1 heterocycles. The van der Waals surface area contributed by atoms with Gasteiger partial charge < -0.3 is 4.74 Å². The second-order valence-electron chi connectivity index (χ2n) is 7.99. The summed E-state index contributed by atoms with van der Waals surface area (Å²) in [6.07, 6.45) is 1.63. The van der Waals surface area contributed by atoms with E-state index in [1.807, 2.05) is 72.8 Å². The van der Waals surface area contributed by atoms with Crippen LogP contribution in [0.2, 0.25) is 10.0 Å². The molecule has 0 atom stereocenters. The summed E-state index contributed by atoms with van der Waals surface area (Å²) in [5, 5.41) is 2.42. The number of carbonyl (C=O) groups is 2. The Kier molecular flexibility index (Phi) is 6.82. The second-order valence-corrected chi connectivity index (χ2v) is 9.80. The van der Waals surface area contributed by atoms with Gasteiger partial charge in [0.25, 0.3) is 11.1 Å². The summed E-state index contributed by atoms with van der Waals surface area (Å²) in [4.78, 5) is 27.4. The maximum absolute atomic E-state index is 13.1. The van der Waals surface area contributed by atoms with E-state index in [1.54, 1.807) is 18.2 Å². The standard InChI is InChI=1S/C28H19Cl2NO3S/c29-23-13-19(14-24(30)26(23)34-17-18-7-2-1-3-8-18)15-25-27(32)31(28(33)35-25)16-21-11-6-10-20-9-4-5-12-22(20)21/h1-15H,16-17H2/b25-15-. The smallest absolute Gasteiger partial charge is 0.293 e. The van der Waals surface area contributed by atoms with Gasteiger partial charge in [-0.15, -0.1) is 0 Å². The zero-order valence-corrected chi connectivity index (χ0v) is 20.7. The summed E-state index contributed by atoms with van der Waals surface area (Å²) >= 11 is 13.8. The first-order valence-electron chi connectivity index (χ1n) is 10.9. The van der Waals surface area contributed by atoms with Gasteiger partial charge >= 0.3 is 0 Å². The number of amides is 2. The summed E-state index contributed by atoms with van der Waals surface area (Å²) in [7, 11) is 0. The van der Waals surface area contributed by atoms with Gasteiger partial charge in [-0.25, -0.2) is 0 Å². The Balaban J connectivity index is 1.35. The molecule has 0 radical (unpaired) electrons. The van der Waals surface area contributed by atoms with Gasteiger partial charge in [-0.05, 0) is 57.4 Å². The minimum atomic E-state index is -0.343. The summed E-state index contributed by atoms with van der Waals surface area (Å²) in [5.74, 6) is 0.0305. The highest BCUT2D eigenvalue weighted by atomic mass is 35.5. The molecule has 5 rings (SSSR count). The largest absolute Gasteiger partial charge is 0.486 e. The zero-order valence-electron chi connectivity index (χ0n) is 18.4. The fourth-order valence-corrected chi connectivity index (χ4v) is 5.37. The van der Waals surface area contributed by atoms with E-state index in [-0.39, 0.29) is 17.7 Å². The zero-order chi connectivity index (χ0) is 24.4. The van der Waals surface area contributed by atoms with E-state index in [0.717, 1.165) is 33.7 Å². The highest BCUT2D eigenvalue weighted by Gasteiger charge is 2.35. The average Bonchev–Trinajstić information content (AvgIpc) is 3.11. The normalized spacial score (nSPS) is 14.8. The lowest BCUT2D eigenvalue weighted by molar-refractivity contribution is -0.123. The van der Waals surface area contributed by atoms with Gasteiger partial charge in [-0.2, -0.15) is 0 Å². The molecule has 0 spiro atoms. The van der Waals surface area contributed by atoms with Crippen LogP contribution in [-0.4, -0.2) is 16.0 Å². The summed E-state index contributed by atoms with van der Waals surface area (Å²) in [6.45, 7) is 0.532. The quantitative estimate of drug-likeness (QED) is 0.242. The molecule has 7 heteroatoms. The van der Waals surface area contributed by atoms with Crippen LogP contribution in [0.15, 0.2) is 89.8 Å². The number of hydrogen-bond donors (Lipinski definition) is 0. The number of rotatable bonds is 6. The van der Waals surface area contributed by atoms with Crippen molar-refractivity contribution in [2.24, 2.45) is 0 Å². The van der Waals surface area contributed by atoms with E-state index in [4.69, 9.17) is 27.9 Å². The van der Waals surface area contributed by atoms with Crippen molar-refractivity contribution < 1.29 is 14.3 Å². The molecule has 0 saturated carbocycles. The summed E-state index contributed by atoms with van der Waals surface area (Å²) in [6, 6.07) is 26.8. The molecule has 1 saturated heterocycles. The molecule has 1 aliphatic heterocycles. The SMILES string of the molecule is O=C1S/C(=C\c2cc(Cl)c(OCc3ccccc3)c(Cl)c2)C(=O)N1Cc1cccc2ccccc12. The molecule has 1 aliphatic rings. The third kappa shape index (κ3) is 5.08. The van der Waals surface area contributed by atoms with Crippen molar-refractivity contribution in [1.29, 1.82) is 0 Å². The van der Waals surface area contributed by atoms with Crippen LogP contribution >= 0.6 is 35.0 Å². The number of imide groups is 1. The number of halogens is 2. The van der Waals surface area contributed by atoms with E-state index in [9.17, 15) is 9.59 Å². The van der Waals surface area contributed by atoms with E-state index >= 15 is 0 Å². The van der Waals surface area contributed by atoms with Crippen LogP contribution in [0.3, 0.4) is 0 Å². The average molecular weight is 520 g/mol. The van der Waals surface area contributed by atoms with Crippen molar-refractivity contribution in [3.8, 4) is 5.75 Å². The molecule has 4 aromatic rings. The van der Waals surface area contributed by atoms with Gasteiger partial charge in [-0.3, -0.25) is 14.5 Å². The van der Waals surface area contributed by atoms with Gasteiger partial charge in [-0.1, -0.05) is 96.0 Å². The topological polar surface area (TPSA) is 46.6 Å². The highest BCUT2D eigenvalue weighted by Crippen LogP contribution is 2.38. The molecule has 0 bridgehead atoms. The van der Waals surface area contributed by atoms with Crippen molar-refractivity contribution in [3.63, 3.8) is 0 Å². The van der Waals surface area contributed by atoms with Crippen molar-refractivity contribution in [1.82, 2.24) is 4.90 Å². The fourth-order valence-electron chi connectivity index (χ4n) is 3.92. The van der Waals surface area contributed by atoms with E-state index in [1.165, 1.54) is 4.90 Å². The number of nitrogens with zero attached hydrogens (tertiary/aromatic N) is 1. The maximum Gasteiger partial charge on any atom is 0.293 e. The van der Waals surface area contributed by atoms with Gasteiger partial charge in [0.2, 0.25) is 0 Å². The first-order chi connectivity index (χ1) is 17.0. The monoisotopic (exact) mass is 519 g/mol. The molecule has 4 nitrogen and oxygen atoms in total. The van der Waals surface area contributed by atoms with Crippen LogP contribution < -0.4 is 4.74 Å². The first kappa shape index (κ1) is 23.5. The Morgan fingerprint density at radius 2 is 1.54 bits per heavy atom. The third-order valence-electron chi connectivity index (χ3n) is 5.63. The summed E-state index contributed by atoms with van der Waals surface area (Å²) in [5.41, 5.74) is 2.52. The fraction of sp³-hybridized carbons (Fsp3) is 0.0714. The molecule has 0 aromatic heterocycles. The number of hydrogen-bond acceptors (Lipinski definition) is 4.